The number of halogens is 2. The second kappa shape index (κ2) is 11.5. The van der Waals surface area contributed by atoms with Gasteiger partial charge in [0, 0.05) is 16.7 Å². The number of hydrogen-bond donors (Lipinski definition) is 4. The quantitative estimate of drug-likeness (QED) is 0.152. The first kappa shape index (κ1) is 27.4. The summed E-state index contributed by atoms with van der Waals surface area (Å²) in [6.45, 7) is 1.84. The second-order valence-electron chi connectivity index (χ2n) is 5.29. The fourth-order valence-corrected chi connectivity index (χ4v) is 2.89. The van der Waals surface area contributed by atoms with Crippen molar-refractivity contribution in [1.82, 2.24) is 5.17 Å². The molecule has 0 heterocycles. The van der Waals surface area contributed by atoms with Crippen molar-refractivity contribution in [2.24, 2.45) is 10.8 Å². The Bertz CT molecular complexity index is 1050. The van der Waals surface area contributed by atoms with Gasteiger partial charge in [-0.05, 0) is 41.1 Å². The number of aryl methyl sites for hydroxylation is 1. The van der Waals surface area contributed by atoms with Crippen molar-refractivity contribution in [2.45, 2.75) is 11.8 Å². The average molecular weight is 527 g/mol. The molecule has 0 saturated carbocycles. The number of rotatable bonds is 4. The highest BCUT2D eigenvalue weighted by Gasteiger charge is 2.16. The summed E-state index contributed by atoms with van der Waals surface area (Å²) in [5, 5.41) is 30.3. The molecule has 2 aromatic rings. The molecule has 0 amide bonds. The van der Waals surface area contributed by atoms with Gasteiger partial charge in [0.2, 0.25) is 5.96 Å². The molecule has 0 unspecified atom stereocenters. The highest BCUT2D eigenvalue weighted by Crippen LogP contribution is 2.31. The predicted octanol–water partition coefficient (Wildman–Crippen LogP) is 2.35. The zero-order chi connectivity index (χ0) is 22.4. The summed E-state index contributed by atoms with van der Waals surface area (Å²) in [5.41, 5.74) is 5.92. The normalized spacial score (nSPS) is 10.6. The van der Waals surface area contributed by atoms with E-state index in [-0.39, 0.29) is 36.3 Å². The molecular formula is C15H17BrClN5O7S. The van der Waals surface area contributed by atoms with Crippen molar-refractivity contribution in [1.29, 1.82) is 5.41 Å². The molecule has 0 aromatic heterocycles. The van der Waals surface area contributed by atoms with Crippen molar-refractivity contribution in [2.75, 3.05) is 0 Å². The van der Waals surface area contributed by atoms with Crippen LogP contribution in [0.4, 0.5) is 5.69 Å². The smallest absolute Gasteiger partial charge is 0.294 e. The van der Waals surface area contributed by atoms with Crippen LogP contribution in [0.25, 0.3) is 0 Å². The van der Waals surface area contributed by atoms with Gasteiger partial charge in [0.25, 0.3) is 15.8 Å². The van der Waals surface area contributed by atoms with E-state index in [4.69, 9.17) is 32.5 Å². The van der Waals surface area contributed by atoms with Gasteiger partial charge in [0.1, 0.15) is 4.47 Å². The lowest BCUT2D eigenvalue weighted by molar-refractivity contribution is -0.385. The van der Waals surface area contributed by atoms with E-state index in [1.807, 2.05) is 6.92 Å². The van der Waals surface area contributed by atoms with Crippen molar-refractivity contribution >= 4 is 55.5 Å². The Hall–Kier alpha value is -2.62. The van der Waals surface area contributed by atoms with Crippen LogP contribution < -0.4 is 5.73 Å². The number of nitrogens with zero attached hydrogens (tertiary/aromatic N) is 3. The first-order valence-corrected chi connectivity index (χ1v) is 9.98. The molecule has 2 aromatic carbocycles. The minimum Gasteiger partial charge on any atom is -0.412 e. The van der Waals surface area contributed by atoms with Crippen LogP contribution in [0.5, 0.6) is 0 Å². The van der Waals surface area contributed by atoms with E-state index >= 15 is 0 Å². The summed E-state index contributed by atoms with van der Waals surface area (Å²) >= 11 is 8.74. The van der Waals surface area contributed by atoms with Gasteiger partial charge in [-0.15, -0.1) is 5.17 Å². The van der Waals surface area contributed by atoms with Gasteiger partial charge in [-0.2, -0.15) is 13.5 Å². The Morgan fingerprint density at radius 3 is 2.33 bits per heavy atom. The Morgan fingerprint density at radius 2 is 1.90 bits per heavy atom. The summed E-state index contributed by atoms with van der Waals surface area (Å²) in [4.78, 5) is 10.0. The third kappa shape index (κ3) is 8.40. The predicted molar refractivity (Wildman–Crippen MR) is 114 cm³/mol. The molecule has 0 spiro atoms. The number of nitrogens with two attached hydrogens (primary N) is 1. The molecule has 0 atom stereocenters. The largest absolute Gasteiger partial charge is 0.412 e. The SMILES string of the molecule is Cc1ccc(S(=O)(=O)O)cc1.N=C(N)N(O)/N=C/c1cc(Cl)cc([N+](=O)[O-])c1Br.O. The number of nitro groups is 1. The molecular weight excluding hydrogens is 510 g/mol. The standard InChI is InChI=1S/C8H7BrClN5O3.C7H8O3S.H2O/c9-7-4(3-13-14(16)8(11)12)1-5(10)2-6(7)15(17)18;1-6-2-4-7(5-3-6)11(8,9)10;/h1-3,16H,(H3,11,12);2-5H,1H3,(H,8,9,10);1H2/b13-3+;;. The van der Waals surface area contributed by atoms with Gasteiger partial charge >= 0.3 is 0 Å². The summed E-state index contributed by atoms with van der Waals surface area (Å²) in [5.74, 6) is -0.695. The minimum atomic E-state index is -4.02. The molecule has 7 N–H and O–H groups in total. The minimum absolute atomic E-state index is 0. The highest BCUT2D eigenvalue weighted by atomic mass is 79.9. The molecule has 0 aliphatic carbocycles. The Labute approximate surface area is 184 Å². The first-order chi connectivity index (χ1) is 13.3. The number of benzene rings is 2. The Balaban J connectivity index is 0.000000603. The van der Waals surface area contributed by atoms with Crippen LogP contribution in [0.3, 0.4) is 0 Å². The summed E-state index contributed by atoms with van der Waals surface area (Å²) < 4.78 is 29.7. The van der Waals surface area contributed by atoms with Gasteiger partial charge in [0.05, 0.1) is 16.0 Å². The maximum Gasteiger partial charge on any atom is 0.294 e. The maximum absolute atomic E-state index is 10.7. The summed E-state index contributed by atoms with van der Waals surface area (Å²) in [7, 11) is -4.02. The lowest BCUT2D eigenvalue weighted by atomic mass is 10.2. The lowest BCUT2D eigenvalue weighted by Crippen LogP contribution is -2.28. The average Bonchev–Trinajstić information content (AvgIpc) is 2.61. The third-order valence-corrected chi connectivity index (χ3v) is 5.03. The van der Waals surface area contributed by atoms with E-state index in [1.165, 1.54) is 24.3 Å². The zero-order valence-corrected chi connectivity index (χ0v) is 18.3. The number of hydrazone groups is 1. The van der Waals surface area contributed by atoms with Crippen molar-refractivity contribution in [3.8, 4) is 0 Å². The van der Waals surface area contributed by atoms with E-state index in [0.29, 0.717) is 0 Å². The van der Waals surface area contributed by atoms with E-state index < -0.39 is 21.0 Å². The Kier molecular flexibility index (Phi) is 10.5. The van der Waals surface area contributed by atoms with Crippen LogP contribution in [-0.4, -0.2) is 45.9 Å². The second-order valence-corrected chi connectivity index (χ2v) is 7.94. The van der Waals surface area contributed by atoms with Crippen molar-refractivity contribution in [3.63, 3.8) is 0 Å². The number of nitro benzene ring substituents is 1. The van der Waals surface area contributed by atoms with Crippen LogP contribution >= 0.6 is 27.5 Å². The molecule has 2 rings (SSSR count). The molecule has 15 heteroatoms. The monoisotopic (exact) mass is 525 g/mol. The van der Waals surface area contributed by atoms with Gasteiger partial charge in [-0.3, -0.25) is 25.3 Å². The maximum atomic E-state index is 10.7. The van der Waals surface area contributed by atoms with Crippen LogP contribution in [0.1, 0.15) is 11.1 Å². The molecule has 0 saturated heterocycles. The summed E-state index contributed by atoms with van der Waals surface area (Å²) in [6.07, 6.45) is 1.07. The van der Waals surface area contributed by atoms with Crippen molar-refractivity contribution in [3.05, 3.63) is 67.1 Å². The van der Waals surface area contributed by atoms with E-state index in [1.54, 1.807) is 12.1 Å². The number of hydrogen-bond acceptors (Lipinski definition) is 7. The topological polar surface area (TPSA) is 215 Å². The molecule has 0 aliphatic heterocycles. The highest BCUT2D eigenvalue weighted by molar-refractivity contribution is 9.10. The Morgan fingerprint density at radius 1 is 1.37 bits per heavy atom. The first-order valence-electron chi connectivity index (χ1n) is 7.37. The number of hydroxylamine groups is 1. The van der Waals surface area contributed by atoms with Crippen molar-refractivity contribution < 1.29 is 28.6 Å². The molecule has 0 fully saturated rings. The van der Waals surface area contributed by atoms with Crippen LogP contribution in [0.2, 0.25) is 5.02 Å². The molecule has 0 radical (unpaired) electrons. The lowest BCUT2D eigenvalue weighted by Gasteiger charge is -2.06. The molecule has 0 aliphatic rings. The van der Waals surface area contributed by atoms with E-state index in [0.717, 1.165) is 11.8 Å². The zero-order valence-electron chi connectivity index (χ0n) is 15.2. The molecule has 164 valence electrons. The fourth-order valence-electron chi connectivity index (χ4n) is 1.71. The summed E-state index contributed by atoms with van der Waals surface area (Å²) in [6, 6.07) is 8.56. The van der Waals surface area contributed by atoms with Gasteiger partial charge in [-0.1, -0.05) is 29.3 Å². The van der Waals surface area contributed by atoms with Crippen LogP contribution in [0.15, 0.2) is 50.9 Å². The van der Waals surface area contributed by atoms with E-state index in [9.17, 15) is 18.5 Å². The molecule has 0 bridgehead atoms. The van der Waals surface area contributed by atoms with E-state index in [2.05, 4.69) is 21.0 Å². The fraction of sp³-hybridized carbons (Fsp3) is 0.0667. The molecule has 30 heavy (non-hydrogen) atoms. The van der Waals surface area contributed by atoms with Crippen LogP contribution in [0, 0.1) is 22.4 Å². The van der Waals surface area contributed by atoms with Gasteiger partial charge < -0.3 is 11.2 Å². The number of nitrogens with one attached hydrogen (secondary N) is 1. The van der Waals surface area contributed by atoms with Gasteiger partial charge in [0.15, 0.2) is 0 Å². The third-order valence-electron chi connectivity index (χ3n) is 3.08. The van der Waals surface area contributed by atoms with Gasteiger partial charge in [-0.25, -0.2) is 0 Å². The molecule has 12 nitrogen and oxygen atoms in total. The number of guanidine groups is 1. The van der Waals surface area contributed by atoms with Crippen LogP contribution in [-0.2, 0) is 10.1 Å².